The maximum Gasteiger partial charge on any atom is 0.308 e. The number of nitrogens with one attached hydrogen (secondary N) is 1. The van der Waals surface area contributed by atoms with Crippen LogP contribution >= 0.6 is 0 Å². The number of aromatic nitrogens is 1. The second kappa shape index (κ2) is 5.53. The minimum absolute atomic E-state index is 0.221. The highest BCUT2D eigenvalue weighted by atomic mass is 16.4. The molecule has 0 aliphatic carbocycles. The zero-order valence-corrected chi connectivity index (χ0v) is 12.6. The van der Waals surface area contributed by atoms with E-state index in [-0.39, 0.29) is 11.8 Å². The Bertz CT molecular complexity index is 662. The quantitative estimate of drug-likeness (QED) is 0.908. The van der Waals surface area contributed by atoms with Crippen LogP contribution < -0.4 is 0 Å². The molecule has 2 N–H and O–H groups in total. The van der Waals surface area contributed by atoms with Gasteiger partial charge in [-0.1, -0.05) is 32.0 Å². The maximum absolute atomic E-state index is 11.2. The Balaban J connectivity index is 1.82. The van der Waals surface area contributed by atoms with Crippen molar-refractivity contribution in [1.29, 1.82) is 0 Å². The SMILES string of the molecule is CCc1cccc2c(CN3C[C@@H](C)[C@H](C(=O)O)C3)c[nH]c12. The number of rotatable bonds is 4. The Hall–Kier alpha value is -1.81. The lowest BCUT2D eigenvalue weighted by Crippen LogP contribution is -2.23. The molecule has 0 unspecified atom stereocenters. The number of hydrogen-bond acceptors (Lipinski definition) is 2. The number of carboxylic acid groups (broad SMARTS) is 1. The first-order chi connectivity index (χ1) is 10.1. The molecule has 1 aromatic heterocycles. The van der Waals surface area contributed by atoms with Gasteiger partial charge >= 0.3 is 5.97 Å². The molecule has 1 aliphatic heterocycles. The molecule has 2 aromatic rings. The minimum Gasteiger partial charge on any atom is -0.481 e. The molecule has 1 fully saturated rings. The number of H-pyrrole nitrogens is 1. The fourth-order valence-corrected chi connectivity index (χ4v) is 3.46. The van der Waals surface area contributed by atoms with E-state index in [4.69, 9.17) is 0 Å². The third-order valence-corrected chi connectivity index (χ3v) is 4.67. The van der Waals surface area contributed by atoms with E-state index in [9.17, 15) is 9.90 Å². The van der Waals surface area contributed by atoms with Crippen LogP contribution in [-0.2, 0) is 17.8 Å². The van der Waals surface area contributed by atoms with Gasteiger partial charge in [0.15, 0.2) is 0 Å². The summed E-state index contributed by atoms with van der Waals surface area (Å²) < 4.78 is 0. The topological polar surface area (TPSA) is 56.3 Å². The molecule has 0 saturated carbocycles. The number of carbonyl (C=O) groups is 1. The number of aryl methyl sites for hydroxylation is 1. The summed E-state index contributed by atoms with van der Waals surface area (Å²) >= 11 is 0. The predicted molar refractivity (Wildman–Crippen MR) is 83.2 cm³/mol. The van der Waals surface area contributed by atoms with Gasteiger partial charge in [0.1, 0.15) is 0 Å². The molecule has 1 aromatic carbocycles. The predicted octanol–water partition coefficient (Wildman–Crippen LogP) is 2.88. The Labute approximate surface area is 124 Å². The van der Waals surface area contributed by atoms with Gasteiger partial charge in [0, 0.05) is 36.7 Å². The molecule has 0 spiro atoms. The lowest BCUT2D eigenvalue weighted by atomic mass is 9.99. The number of aromatic amines is 1. The van der Waals surface area contributed by atoms with E-state index in [1.54, 1.807) is 0 Å². The molecular formula is C17H22N2O2. The molecule has 2 atom stereocenters. The van der Waals surface area contributed by atoms with Crippen molar-refractivity contribution in [3.05, 3.63) is 35.5 Å². The Morgan fingerprint density at radius 1 is 1.38 bits per heavy atom. The van der Waals surface area contributed by atoms with Crippen molar-refractivity contribution in [2.24, 2.45) is 11.8 Å². The number of likely N-dealkylation sites (tertiary alicyclic amines) is 1. The zero-order valence-electron chi connectivity index (χ0n) is 12.6. The molecule has 0 bridgehead atoms. The van der Waals surface area contributed by atoms with Crippen LogP contribution in [0.5, 0.6) is 0 Å². The minimum atomic E-state index is -0.669. The smallest absolute Gasteiger partial charge is 0.308 e. The molecule has 1 saturated heterocycles. The van der Waals surface area contributed by atoms with Gasteiger partial charge < -0.3 is 10.1 Å². The van der Waals surface area contributed by atoms with Gasteiger partial charge in [-0.15, -0.1) is 0 Å². The lowest BCUT2D eigenvalue weighted by molar-refractivity contribution is -0.142. The Morgan fingerprint density at radius 2 is 2.19 bits per heavy atom. The molecule has 4 heteroatoms. The van der Waals surface area contributed by atoms with Crippen LogP contribution in [-0.4, -0.2) is 34.0 Å². The number of carboxylic acids is 1. The third-order valence-electron chi connectivity index (χ3n) is 4.67. The van der Waals surface area contributed by atoms with Crippen molar-refractivity contribution in [2.45, 2.75) is 26.8 Å². The van der Waals surface area contributed by atoms with Crippen LogP contribution in [0.3, 0.4) is 0 Å². The molecule has 3 rings (SSSR count). The monoisotopic (exact) mass is 286 g/mol. The summed E-state index contributed by atoms with van der Waals surface area (Å²) in [4.78, 5) is 16.9. The molecule has 21 heavy (non-hydrogen) atoms. The van der Waals surface area contributed by atoms with Gasteiger partial charge in [0.2, 0.25) is 0 Å². The van der Waals surface area contributed by atoms with Crippen molar-refractivity contribution in [3.8, 4) is 0 Å². The average molecular weight is 286 g/mol. The standard InChI is InChI=1S/C17H22N2O2/c1-3-12-5-4-6-14-13(7-18-16(12)14)9-19-8-11(2)15(10-19)17(20)21/h4-7,11,15,18H,3,8-10H2,1-2H3,(H,20,21)/t11-,15-/m1/s1. The van der Waals surface area contributed by atoms with E-state index < -0.39 is 5.97 Å². The Morgan fingerprint density at radius 3 is 2.86 bits per heavy atom. The van der Waals surface area contributed by atoms with E-state index in [0.29, 0.717) is 6.54 Å². The summed E-state index contributed by atoms with van der Waals surface area (Å²) in [6.07, 6.45) is 3.09. The summed E-state index contributed by atoms with van der Waals surface area (Å²) in [7, 11) is 0. The van der Waals surface area contributed by atoms with Gasteiger partial charge in [-0.2, -0.15) is 0 Å². The number of nitrogens with zero attached hydrogens (tertiary/aromatic N) is 1. The summed E-state index contributed by atoms with van der Waals surface area (Å²) in [5.74, 6) is -0.683. The van der Waals surface area contributed by atoms with E-state index >= 15 is 0 Å². The summed E-state index contributed by atoms with van der Waals surface area (Å²) in [6.45, 7) is 6.52. The van der Waals surface area contributed by atoms with Gasteiger partial charge in [-0.05, 0) is 23.5 Å². The van der Waals surface area contributed by atoms with Crippen LogP contribution in [0, 0.1) is 11.8 Å². The third kappa shape index (κ3) is 2.56. The molecule has 0 amide bonds. The maximum atomic E-state index is 11.2. The molecular weight excluding hydrogens is 264 g/mol. The first kappa shape index (κ1) is 14.1. The number of hydrogen-bond donors (Lipinski definition) is 2. The van der Waals surface area contributed by atoms with E-state index in [1.807, 2.05) is 6.92 Å². The second-order valence-electron chi connectivity index (χ2n) is 6.12. The zero-order chi connectivity index (χ0) is 15.0. The first-order valence-electron chi connectivity index (χ1n) is 7.63. The molecule has 4 nitrogen and oxygen atoms in total. The number of benzene rings is 1. The fourth-order valence-electron chi connectivity index (χ4n) is 3.46. The normalized spacial score (nSPS) is 23.0. The molecule has 0 radical (unpaired) electrons. The molecule has 112 valence electrons. The van der Waals surface area contributed by atoms with Gasteiger partial charge in [0.05, 0.1) is 5.92 Å². The lowest BCUT2D eigenvalue weighted by Gasteiger charge is -2.14. The summed E-state index contributed by atoms with van der Waals surface area (Å²) in [6, 6.07) is 6.40. The largest absolute Gasteiger partial charge is 0.481 e. The van der Waals surface area contributed by atoms with E-state index in [0.717, 1.165) is 19.5 Å². The highest BCUT2D eigenvalue weighted by Gasteiger charge is 2.34. The molecule has 2 heterocycles. The number of para-hydroxylation sites is 1. The van der Waals surface area contributed by atoms with Crippen LogP contribution in [0.25, 0.3) is 10.9 Å². The molecule has 1 aliphatic rings. The number of fused-ring (bicyclic) bond motifs is 1. The van der Waals surface area contributed by atoms with Crippen LogP contribution in [0.15, 0.2) is 24.4 Å². The van der Waals surface area contributed by atoms with E-state index in [2.05, 4.69) is 41.2 Å². The van der Waals surface area contributed by atoms with Crippen molar-refractivity contribution >= 4 is 16.9 Å². The highest BCUT2D eigenvalue weighted by molar-refractivity contribution is 5.86. The van der Waals surface area contributed by atoms with Crippen LogP contribution in [0.2, 0.25) is 0 Å². The van der Waals surface area contributed by atoms with Crippen molar-refractivity contribution < 1.29 is 9.90 Å². The van der Waals surface area contributed by atoms with E-state index in [1.165, 1.54) is 22.0 Å². The summed E-state index contributed by atoms with van der Waals surface area (Å²) in [5.41, 5.74) is 3.81. The fraction of sp³-hybridized carbons (Fsp3) is 0.471. The van der Waals surface area contributed by atoms with Crippen molar-refractivity contribution in [3.63, 3.8) is 0 Å². The second-order valence-corrected chi connectivity index (χ2v) is 6.12. The number of aliphatic carboxylic acids is 1. The summed E-state index contributed by atoms with van der Waals surface area (Å²) in [5, 5.41) is 10.5. The van der Waals surface area contributed by atoms with Crippen LogP contribution in [0.4, 0.5) is 0 Å². The Kier molecular flexibility index (Phi) is 3.72. The van der Waals surface area contributed by atoms with Gasteiger partial charge in [-0.25, -0.2) is 0 Å². The van der Waals surface area contributed by atoms with Crippen molar-refractivity contribution in [1.82, 2.24) is 9.88 Å². The van der Waals surface area contributed by atoms with Crippen molar-refractivity contribution in [2.75, 3.05) is 13.1 Å². The van der Waals surface area contributed by atoms with Gasteiger partial charge in [-0.3, -0.25) is 9.69 Å². The average Bonchev–Trinajstić information content (AvgIpc) is 3.03. The highest BCUT2D eigenvalue weighted by Crippen LogP contribution is 2.28. The first-order valence-corrected chi connectivity index (χ1v) is 7.63. The van der Waals surface area contributed by atoms with Crippen LogP contribution in [0.1, 0.15) is 25.0 Å². The van der Waals surface area contributed by atoms with Gasteiger partial charge in [0.25, 0.3) is 0 Å².